The summed E-state index contributed by atoms with van der Waals surface area (Å²) in [6, 6.07) is 46.7. The third-order valence-electron chi connectivity index (χ3n) is 15.5. The van der Waals surface area contributed by atoms with Gasteiger partial charge in [-0.1, -0.05) is 172 Å². The monoisotopic (exact) mass is 892 g/mol. The molecule has 2 atom stereocenters. The highest BCUT2D eigenvalue weighted by Crippen LogP contribution is 2.43. The summed E-state index contributed by atoms with van der Waals surface area (Å²) in [4.78, 5) is 2.44. The highest BCUT2D eigenvalue weighted by Gasteiger charge is 2.38. The molecule has 2 saturated heterocycles. The van der Waals surface area contributed by atoms with Gasteiger partial charge in [0.1, 0.15) is 0 Å². The average Bonchev–Trinajstić information content (AvgIpc) is 3.33. The Morgan fingerprint density at radius 1 is 0.439 bits per heavy atom. The Morgan fingerprint density at radius 3 is 1.14 bits per heavy atom. The maximum atomic E-state index is 6.24. The largest absolute Gasteiger partial charge is 0.380 e. The molecule has 2 heterocycles. The molecular formula is C61H81NO4. The van der Waals surface area contributed by atoms with Crippen LogP contribution in [0.4, 0.5) is 17.1 Å². The fraction of sp³-hybridized carbons (Fsp3) is 0.508. The lowest BCUT2D eigenvalue weighted by Crippen LogP contribution is -2.45. The summed E-state index contributed by atoms with van der Waals surface area (Å²) in [5.41, 5.74) is 12.9. The van der Waals surface area contributed by atoms with Gasteiger partial charge in [0.15, 0.2) is 0 Å². The second kappa shape index (κ2) is 23.2. The molecule has 5 heteroatoms. The van der Waals surface area contributed by atoms with Crippen LogP contribution in [0.3, 0.4) is 0 Å². The van der Waals surface area contributed by atoms with Gasteiger partial charge in [0.05, 0.1) is 52.9 Å². The Hall–Kier alpha value is -4.26. The van der Waals surface area contributed by atoms with Crippen molar-refractivity contribution in [3.8, 4) is 0 Å². The highest BCUT2D eigenvalue weighted by molar-refractivity contribution is 5.77. The second-order valence-corrected chi connectivity index (χ2v) is 20.5. The zero-order valence-corrected chi connectivity index (χ0v) is 41.8. The lowest BCUT2D eigenvalue weighted by Gasteiger charge is -2.40. The van der Waals surface area contributed by atoms with Gasteiger partial charge in [0.25, 0.3) is 0 Å². The van der Waals surface area contributed by atoms with Crippen LogP contribution in [0.25, 0.3) is 0 Å². The van der Waals surface area contributed by atoms with Crippen LogP contribution in [0.2, 0.25) is 0 Å². The van der Waals surface area contributed by atoms with Gasteiger partial charge < -0.3 is 23.8 Å². The van der Waals surface area contributed by atoms with Crippen LogP contribution in [0.1, 0.15) is 158 Å². The van der Waals surface area contributed by atoms with Gasteiger partial charge >= 0.3 is 0 Å². The Morgan fingerprint density at radius 2 is 0.788 bits per heavy atom. The van der Waals surface area contributed by atoms with E-state index >= 15 is 0 Å². The van der Waals surface area contributed by atoms with Crippen LogP contribution in [0.5, 0.6) is 0 Å². The molecule has 66 heavy (non-hydrogen) atoms. The number of benzene rings is 5. The molecule has 0 aromatic heterocycles. The van der Waals surface area contributed by atoms with E-state index in [4.69, 9.17) is 18.9 Å². The SMILES string of the molecule is CCCCCC(C)(c1ccc(COCC2(CC)COC2)cc1)c1ccc(N(c2ccc(CCCC)cc2)c2ccc(C(C)(CCCC)c3ccc(COCC4(CC)COC4)cc3)cc2)cc1. The van der Waals surface area contributed by atoms with Crippen LogP contribution in [-0.2, 0) is 49.4 Å². The summed E-state index contributed by atoms with van der Waals surface area (Å²) < 4.78 is 23.5. The minimum absolute atomic E-state index is 0.117. The molecule has 354 valence electrons. The van der Waals surface area contributed by atoms with Crippen molar-refractivity contribution in [2.24, 2.45) is 10.8 Å². The van der Waals surface area contributed by atoms with Crippen molar-refractivity contribution in [3.05, 3.63) is 160 Å². The van der Waals surface area contributed by atoms with E-state index in [2.05, 4.69) is 175 Å². The summed E-state index contributed by atoms with van der Waals surface area (Å²) in [5, 5.41) is 0. The number of rotatable bonds is 27. The number of nitrogens with zero attached hydrogens (tertiary/aromatic N) is 1. The van der Waals surface area contributed by atoms with Crippen molar-refractivity contribution in [1.29, 1.82) is 0 Å². The van der Waals surface area contributed by atoms with Crippen molar-refractivity contribution in [3.63, 3.8) is 0 Å². The van der Waals surface area contributed by atoms with Crippen LogP contribution >= 0.6 is 0 Å². The van der Waals surface area contributed by atoms with Crippen molar-refractivity contribution >= 4 is 17.1 Å². The first kappa shape index (κ1) is 49.6. The molecule has 7 rings (SSSR count). The Bertz CT molecular complexity index is 2180. The Balaban J connectivity index is 1.14. The van der Waals surface area contributed by atoms with Gasteiger partial charge in [-0.2, -0.15) is 0 Å². The van der Waals surface area contributed by atoms with Gasteiger partial charge in [0, 0.05) is 38.7 Å². The number of aryl methyl sites for hydroxylation is 1. The first-order valence-corrected chi connectivity index (χ1v) is 25.7. The summed E-state index contributed by atoms with van der Waals surface area (Å²) >= 11 is 0. The highest BCUT2D eigenvalue weighted by atomic mass is 16.5. The predicted octanol–water partition coefficient (Wildman–Crippen LogP) is 15.8. The van der Waals surface area contributed by atoms with E-state index in [9.17, 15) is 0 Å². The molecule has 0 bridgehead atoms. The van der Waals surface area contributed by atoms with E-state index in [1.54, 1.807) is 0 Å². The Labute approximate surface area is 399 Å². The number of anilines is 3. The molecule has 0 aliphatic carbocycles. The van der Waals surface area contributed by atoms with Crippen molar-refractivity contribution < 1.29 is 18.9 Å². The van der Waals surface area contributed by atoms with E-state index in [0.29, 0.717) is 13.2 Å². The van der Waals surface area contributed by atoms with Gasteiger partial charge in [-0.3, -0.25) is 0 Å². The van der Waals surface area contributed by atoms with E-state index in [1.807, 2.05) is 0 Å². The third kappa shape index (κ3) is 11.7. The van der Waals surface area contributed by atoms with Crippen molar-refractivity contribution in [2.45, 2.75) is 150 Å². The molecule has 2 fully saturated rings. The summed E-state index contributed by atoms with van der Waals surface area (Å²) in [6.45, 7) is 22.3. The number of hydrogen-bond acceptors (Lipinski definition) is 5. The van der Waals surface area contributed by atoms with E-state index in [-0.39, 0.29) is 21.7 Å². The molecular weight excluding hydrogens is 811 g/mol. The van der Waals surface area contributed by atoms with Crippen molar-refractivity contribution in [2.75, 3.05) is 44.5 Å². The minimum atomic E-state index is -0.118. The van der Waals surface area contributed by atoms with E-state index in [0.717, 1.165) is 83.9 Å². The number of ether oxygens (including phenoxy) is 4. The first-order valence-electron chi connectivity index (χ1n) is 25.7. The molecule has 0 amide bonds. The third-order valence-corrected chi connectivity index (χ3v) is 15.5. The summed E-state index contributed by atoms with van der Waals surface area (Å²) in [7, 11) is 0. The molecule has 5 nitrogen and oxygen atoms in total. The smallest absolute Gasteiger partial charge is 0.0717 e. The number of hydrogen-bond donors (Lipinski definition) is 0. The van der Waals surface area contributed by atoms with Crippen LogP contribution in [0, 0.1) is 10.8 Å². The van der Waals surface area contributed by atoms with Crippen LogP contribution in [0.15, 0.2) is 121 Å². The van der Waals surface area contributed by atoms with Gasteiger partial charge in [0.2, 0.25) is 0 Å². The van der Waals surface area contributed by atoms with Gasteiger partial charge in [-0.25, -0.2) is 0 Å². The second-order valence-electron chi connectivity index (χ2n) is 20.5. The fourth-order valence-corrected chi connectivity index (χ4v) is 10.0. The van der Waals surface area contributed by atoms with Crippen LogP contribution in [-0.4, -0.2) is 39.6 Å². The lowest BCUT2D eigenvalue weighted by atomic mass is 9.72. The summed E-state index contributed by atoms with van der Waals surface area (Å²) in [5.74, 6) is 0. The average molecular weight is 892 g/mol. The molecule has 2 aliphatic rings. The maximum Gasteiger partial charge on any atom is 0.0717 e. The zero-order valence-electron chi connectivity index (χ0n) is 41.8. The molecule has 0 saturated carbocycles. The quantitative estimate of drug-likeness (QED) is 0.0491. The molecule has 0 spiro atoms. The molecule has 2 aliphatic heterocycles. The van der Waals surface area contributed by atoms with E-state index in [1.165, 1.54) is 88.8 Å². The molecule has 5 aromatic carbocycles. The van der Waals surface area contributed by atoms with Gasteiger partial charge in [-0.15, -0.1) is 0 Å². The van der Waals surface area contributed by atoms with Gasteiger partial charge in [-0.05, 0) is 114 Å². The predicted molar refractivity (Wildman–Crippen MR) is 276 cm³/mol. The van der Waals surface area contributed by atoms with Crippen LogP contribution < -0.4 is 4.90 Å². The maximum absolute atomic E-state index is 6.24. The standard InChI is InChI=1S/C61H81NO4/c1-8-13-16-39-59(7,52-26-20-50(21-27-52)41-64-43-61(12-5)46-66-47-61)54-30-36-57(37-31-54)62(55-32-22-48(23-33-55)17-14-9-2)56-34-28-53(29-35-56)58(6,38-15-10-3)51-24-18-49(19-25-51)40-63-42-60(11-4)44-65-45-60/h18-37H,8-17,38-47H2,1-7H3. The molecule has 5 aromatic rings. The van der Waals surface area contributed by atoms with Crippen molar-refractivity contribution in [1.82, 2.24) is 0 Å². The normalized spacial score (nSPS) is 17.0. The molecule has 2 unspecified atom stereocenters. The fourth-order valence-electron chi connectivity index (χ4n) is 10.0. The zero-order chi connectivity index (χ0) is 46.5. The topological polar surface area (TPSA) is 40.2 Å². The lowest BCUT2D eigenvalue weighted by molar-refractivity contribution is -0.152. The minimum Gasteiger partial charge on any atom is -0.380 e. The Kier molecular flexibility index (Phi) is 17.4. The summed E-state index contributed by atoms with van der Waals surface area (Å²) in [6.07, 6.45) is 13.8. The number of unbranched alkanes of at least 4 members (excludes halogenated alkanes) is 4. The molecule has 0 N–H and O–H groups in total. The molecule has 0 radical (unpaired) electrons. The van der Waals surface area contributed by atoms with E-state index < -0.39 is 0 Å². The first-order chi connectivity index (χ1) is 32.1.